The van der Waals surface area contributed by atoms with Crippen molar-refractivity contribution in [1.29, 1.82) is 0 Å². The Morgan fingerprint density at radius 3 is 2.31 bits per heavy atom. The lowest BCUT2D eigenvalue weighted by Crippen LogP contribution is -2.36. The predicted octanol–water partition coefficient (Wildman–Crippen LogP) is 5.67. The monoisotopic (exact) mass is 416 g/mol. The number of ether oxygens (including phenoxy) is 1. The Hall–Kier alpha value is -2.13. The highest BCUT2D eigenvalue weighted by atomic mass is 19.4. The molecule has 2 atom stereocenters. The topological polar surface area (TPSA) is 25.4 Å². The van der Waals surface area contributed by atoms with Gasteiger partial charge in [-0.25, -0.2) is 4.98 Å². The molecule has 2 aromatic rings. The number of nitrogens with zero attached hydrogens (tertiary/aromatic N) is 2. The zero-order chi connectivity index (χ0) is 20.8. The van der Waals surface area contributed by atoms with E-state index in [4.69, 9.17) is 4.74 Å². The molecule has 3 heterocycles. The van der Waals surface area contributed by atoms with E-state index in [-0.39, 0.29) is 17.3 Å². The molecule has 0 N–H and O–H groups in total. The number of halogens is 6. The Bertz CT molecular complexity index is 878. The van der Waals surface area contributed by atoms with Crippen molar-refractivity contribution >= 4 is 0 Å². The highest BCUT2D eigenvalue weighted by molar-refractivity contribution is 5.61. The van der Waals surface area contributed by atoms with Gasteiger partial charge in [-0.05, 0) is 42.7 Å². The second kappa shape index (κ2) is 7.28. The molecule has 156 valence electrons. The first-order valence-electron chi connectivity index (χ1n) is 9.25. The molecule has 2 saturated heterocycles. The molecule has 2 aliphatic rings. The molecule has 0 bridgehead atoms. The smallest absolute Gasteiger partial charge is 0.357 e. The van der Waals surface area contributed by atoms with Gasteiger partial charge in [0.05, 0.1) is 17.4 Å². The average Bonchev–Trinajstić information content (AvgIpc) is 3.10. The lowest BCUT2D eigenvalue weighted by atomic mass is 9.93. The van der Waals surface area contributed by atoms with Crippen LogP contribution in [0, 0.1) is 0 Å². The van der Waals surface area contributed by atoms with Gasteiger partial charge in [-0.3, -0.25) is 4.90 Å². The van der Waals surface area contributed by atoms with Gasteiger partial charge in [0.2, 0.25) is 0 Å². The molecule has 2 unspecified atom stereocenters. The van der Waals surface area contributed by atoms with Gasteiger partial charge in [-0.15, -0.1) is 0 Å². The van der Waals surface area contributed by atoms with Crippen molar-refractivity contribution < 1.29 is 31.1 Å². The van der Waals surface area contributed by atoms with Crippen molar-refractivity contribution in [3.63, 3.8) is 0 Å². The van der Waals surface area contributed by atoms with E-state index in [9.17, 15) is 26.3 Å². The van der Waals surface area contributed by atoms with Gasteiger partial charge in [0, 0.05) is 18.2 Å². The largest absolute Gasteiger partial charge is 0.433 e. The molecule has 1 aromatic carbocycles. The van der Waals surface area contributed by atoms with Gasteiger partial charge < -0.3 is 4.74 Å². The van der Waals surface area contributed by atoms with Gasteiger partial charge in [0.25, 0.3) is 0 Å². The number of aromatic nitrogens is 1. The summed E-state index contributed by atoms with van der Waals surface area (Å²) in [5.41, 5.74) is -1.45. The van der Waals surface area contributed by atoms with Gasteiger partial charge in [0.15, 0.2) is 0 Å². The number of rotatable bonds is 2. The summed E-state index contributed by atoms with van der Waals surface area (Å²) in [6.07, 6.45) is -6.90. The minimum absolute atomic E-state index is 0.00677. The van der Waals surface area contributed by atoms with Crippen molar-refractivity contribution in [2.45, 2.75) is 43.8 Å². The first-order chi connectivity index (χ1) is 13.6. The normalized spacial score (nSPS) is 23.2. The highest BCUT2D eigenvalue weighted by Gasteiger charge is 2.40. The summed E-state index contributed by atoms with van der Waals surface area (Å²) in [5.74, 6) is 0. The fourth-order valence-corrected chi connectivity index (χ4v) is 3.96. The summed E-state index contributed by atoms with van der Waals surface area (Å²) >= 11 is 0. The number of hydrogen-bond acceptors (Lipinski definition) is 3. The molecule has 9 heteroatoms. The number of fused-ring (bicyclic) bond motifs is 1. The standard InChI is InChI=1S/C20H18F6N2O/c21-19(22,23)14-6-4-12(5-7-14)15-9-13(10-17(27-15)20(24,25)26)18-16-3-1-2-8-28(16)11-29-18/h4-7,9-10,16,18H,1-3,8,11H2. The van der Waals surface area contributed by atoms with Crippen LogP contribution < -0.4 is 0 Å². The SMILES string of the molecule is FC(F)(F)c1ccc(-c2cc(C3OCN4CCCCC34)cc(C(F)(F)F)n2)cc1. The third kappa shape index (κ3) is 4.11. The van der Waals surface area contributed by atoms with Crippen molar-refractivity contribution in [2.75, 3.05) is 13.3 Å². The Labute approximate surface area is 163 Å². The van der Waals surface area contributed by atoms with Crippen molar-refractivity contribution in [2.24, 2.45) is 0 Å². The molecule has 3 nitrogen and oxygen atoms in total. The van der Waals surface area contributed by atoms with E-state index in [0.717, 1.165) is 56.1 Å². The molecular weight excluding hydrogens is 398 g/mol. The van der Waals surface area contributed by atoms with Crippen LogP contribution in [-0.4, -0.2) is 29.2 Å². The Kier molecular flexibility index (Phi) is 5.06. The zero-order valence-electron chi connectivity index (χ0n) is 15.2. The van der Waals surface area contributed by atoms with Crippen LogP contribution in [-0.2, 0) is 17.1 Å². The fourth-order valence-electron chi connectivity index (χ4n) is 3.96. The molecule has 1 aromatic heterocycles. The van der Waals surface area contributed by atoms with Crippen molar-refractivity contribution in [1.82, 2.24) is 9.88 Å². The van der Waals surface area contributed by atoms with Crippen LogP contribution >= 0.6 is 0 Å². The van der Waals surface area contributed by atoms with Crippen molar-refractivity contribution in [3.8, 4) is 11.3 Å². The first-order valence-corrected chi connectivity index (χ1v) is 9.25. The lowest BCUT2D eigenvalue weighted by Gasteiger charge is -2.30. The number of piperidine rings is 1. The van der Waals surface area contributed by atoms with E-state index in [1.807, 2.05) is 0 Å². The average molecular weight is 416 g/mol. The van der Waals surface area contributed by atoms with E-state index in [2.05, 4.69) is 9.88 Å². The molecule has 0 amide bonds. The third-order valence-corrected chi connectivity index (χ3v) is 5.41. The van der Waals surface area contributed by atoms with Crippen molar-refractivity contribution in [3.05, 3.63) is 53.2 Å². The fraction of sp³-hybridized carbons (Fsp3) is 0.450. The Morgan fingerprint density at radius 1 is 0.931 bits per heavy atom. The van der Waals surface area contributed by atoms with Crippen LogP contribution in [0.5, 0.6) is 0 Å². The molecule has 2 aliphatic heterocycles. The van der Waals surface area contributed by atoms with Crippen LogP contribution in [0.2, 0.25) is 0 Å². The Balaban J connectivity index is 1.74. The van der Waals surface area contributed by atoms with Crippen LogP contribution in [0.25, 0.3) is 11.3 Å². The molecule has 4 rings (SSSR count). The van der Waals surface area contributed by atoms with Crippen LogP contribution in [0.3, 0.4) is 0 Å². The highest BCUT2D eigenvalue weighted by Crippen LogP contribution is 2.40. The number of pyridine rings is 1. The molecule has 0 saturated carbocycles. The van der Waals surface area contributed by atoms with Crippen LogP contribution in [0.1, 0.15) is 42.2 Å². The molecule has 0 aliphatic carbocycles. The zero-order valence-corrected chi connectivity index (χ0v) is 15.2. The van der Waals surface area contributed by atoms with Crippen LogP contribution in [0.15, 0.2) is 36.4 Å². The second-order valence-corrected chi connectivity index (χ2v) is 7.34. The van der Waals surface area contributed by atoms with E-state index in [1.54, 1.807) is 0 Å². The predicted molar refractivity (Wildman–Crippen MR) is 92.7 cm³/mol. The summed E-state index contributed by atoms with van der Waals surface area (Å²) in [6.45, 7) is 1.19. The van der Waals surface area contributed by atoms with E-state index < -0.39 is 29.7 Å². The van der Waals surface area contributed by atoms with E-state index in [1.165, 1.54) is 6.07 Å². The molecule has 29 heavy (non-hydrogen) atoms. The van der Waals surface area contributed by atoms with Crippen LogP contribution in [0.4, 0.5) is 26.3 Å². The van der Waals surface area contributed by atoms with Gasteiger partial charge in [-0.2, -0.15) is 26.3 Å². The van der Waals surface area contributed by atoms with E-state index >= 15 is 0 Å². The summed E-state index contributed by atoms with van der Waals surface area (Å²) in [7, 11) is 0. The first kappa shape index (κ1) is 20.2. The third-order valence-electron chi connectivity index (χ3n) is 5.41. The molecular formula is C20H18F6N2O. The van der Waals surface area contributed by atoms with E-state index in [0.29, 0.717) is 12.3 Å². The van der Waals surface area contributed by atoms with Gasteiger partial charge >= 0.3 is 12.4 Å². The number of hydrogen-bond donors (Lipinski definition) is 0. The second-order valence-electron chi connectivity index (χ2n) is 7.34. The maximum Gasteiger partial charge on any atom is 0.433 e. The Morgan fingerprint density at radius 2 is 1.66 bits per heavy atom. The minimum Gasteiger partial charge on any atom is -0.357 e. The summed E-state index contributed by atoms with van der Waals surface area (Å²) in [5, 5.41) is 0. The molecule has 2 fully saturated rings. The minimum atomic E-state index is -4.68. The molecule has 0 radical (unpaired) electrons. The van der Waals surface area contributed by atoms with Gasteiger partial charge in [0.1, 0.15) is 12.4 Å². The maximum atomic E-state index is 13.4. The number of benzene rings is 1. The summed E-state index contributed by atoms with van der Waals surface area (Å²) < 4.78 is 84.5. The number of alkyl halides is 6. The summed E-state index contributed by atoms with van der Waals surface area (Å²) in [6, 6.07) is 6.41. The summed E-state index contributed by atoms with van der Waals surface area (Å²) in [4.78, 5) is 5.78. The molecule has 0 spiro atoms. The quantitative estimate of drug-likeness (QED) is 0.590. The van der Waals surface area contributed by atoms with Gasteiger partial charge in [-0.1, -0.05) is 18.6 Å². The lowest BCUT2D eigenvalue weighted by molar-refractivity contribution is -0.141. The maximum absolute atomic E-state index is 13.4.